The Morgan fingerprint density at radius 2 is 2.27 bits per heavy atom. The van der Waals surface area contributed by atoms with Crippen LogP contribution < -0.4 is 5.32 Å². The summed E-state index contributed by atoms with van der Waals surface area (Å²) in [5, 5.41) is 17.2. The molecule has 5 nitrogen and oxygen atoms in total. The summed E-state index contributed by atoms with van der Waals surface area (Å²) < 4.78 is 2.80. The van der Waals surface area contributed by atoms with Crippen molar-refractivity contribution in [2.45, 2.75) is 51.0 Å². The van der Waals surface area contributed by atoms with Crippen LogP contribution in [-0.4, -0.2) is 26.2 Å². The van der Waals surface area contributed by atoms with Crippen LogP contribution in [0.2, 0.25) is 0 Å². The molecule has 0 saturated heterocycles. The highest BCUT2D eigenvalue weighted by atomic mass is 79.9. The molecule has 2 heterocycles. The number of nitrogens with one attached hydrogen (secondary N) is 1. The predicted molar refractivity (Wildman–Crippen MR) is 89.0 cm³/mol. The molecule has 0 atom stereocenters. The Kier molecular flexibility index (Phi) is 3.99. The van der Waals surface area contributed by atoms with Gasteiger partial charge in [0.2, 0.25) is 5.91 Å². The van der Waals surface area contributed by atoms with E-state index in [9.17, 15) is 9.90 Å². The van der Waals surface area contributed by atoms with Crippen molar-refractivity contribution in [3.63, 3.8) is 0 Å². The summed E-state index contributed by atoms with van der Waals surface area (Å²) in [6, 6.07) is 3.96. The molecule has 2 aromatic rings. The lowest BCUT2D eigenvalue weighted by atomic mass is 9.80. The molecular weight excluding hydrogens is 346 g/mol. The normalized spacial score (nSPS) is 15.8. The van der Waals surface area contributed by atoms with Gasteiger partial charge >= 0.3 is 0 Å². The molecule has 1 amide bonds. The zero-order valence-electron chi connectivity index (χ0n) is 12.8. The molecule has 1 aliphatic carbocycles. The second kappa shape index (κ2) is 5.66. The maximum Gasteiger partial charge on any atom is 0.228 e. The van der Waals surface area contributed by atoms with Gasteiger partial charge in [0, 0.05) is 16.2 Å². The Balaban J connectivity index is 1.96. The minimum atomic E-state index is -1.02. The molecular formula is C16H20BrN3O2. The summed E-state index contributed by atoms with van der Waals surface area (Å²) in [7, 11) is 0. The van der Waals surface area contributed by atoms with Gasteiger partial charge in [0.25, 0.3) is 0 Å². The molecule has 0 spiro atoms. The molecule has 6 heteroatoms. The fourth-order valence-corrected chi connectivity index (χ4v) is 3.13. The molecule has 118 valence electrons. The van der Waals surface area contributed by atoms with Crippen molar-refractivity contribution in [3.8, 4) is 0 Å². The lowest BCUT2D eigenvalue weighted by Gasteiger charge is -2.26. The number of amides is 1. The lowest BCUT2D eigenvalue weighted by molar-refractivity contribution is -0.119. The largest absolute Gasteiger partial charge is 0.390 e. The number of rotatable bonds is 4. The van der Waals surface area contributed by atoms with Gasteiger partial charge in [0.1, 0.15) is 0 Å². The second-order valence-electron chi connectivity index (χ2n) is 6.60. The first-order chi connectivity index (χ1) is 10.3. The predicted octanol–water partition coefficient (Wildman–Crippen LogP) is 3.46. The fraction of sp³-hybridized carbons (Fsp3) is 0.500. The first-order valence-corrected chi connectivity index (χ1v) is 8.33. The van der Waals surface area contributed by atoms with Gasteiger partial charge in [-0.05, 0) is 44.7 Å². The van der Waals surface area contributed by atoms with E-state index in [2.05, 4.69) is 26.3 Å². The second-order valence-corrected chi connectivity index (χ2v) is 7.52. The van der Waals surface area contributed by atoms with E-state index >= 15 is 0 Å². The van der Waals surface area contributed by atoms with Crippen LogP contribution >= 0.6 is 15.9 Å². The van der Waals surface area contributed by atoms with Gasteiger partial charge in [0.05, 0.1) is 17.5 Å². The smallest absolute Gasteiger partial charge is 0.228 e. The summed E-state index contributed by atoms with van der Waals surface area (Å²) in [5.74, 6) is 0.858. The number of nitrogens with zero attached hydrogens (tertiary/aromatic N) is 2. The molecule has 0 unspecified atom stereocenters. The molecule has 1 fully saturated rings. The monoisotopic (exact) mass is 365 g/mol. The van der Waals surface area contributed by atoms with Crippen molar-refractivity contribution < 1.29 is 9.90 Å². The zero-order chi connectivity index (χ0) is 15.9. The summed E-state index contributed by atoms with van der Waals surface area (Å²) >= 11 is 3.49. The van der Waals surface area contributed by atoms with E-state index in [1.165, 1.54) is 6.42 Å². The lowest BCUT2D eigenvalue weighted by Crippen LogP contribution is -2.27. The quantitative estimate of drug-likeness (QED) is 0.871. The Hall–Kier alpha value is -1.40. The van der Waals surface area contributed by atoms with E-state index in [-0.39, 0.29) is 12.3 Å². The third kappa shape index (κ3) is 3.17. The van der Waals surface area contributed by atoms with E-state index in [4.69, 9.17) is 0 Å². The zero-order valence-corrected chi connectivity index (χ0v) is 14.4. The van der Waals surface area contributed by atoms with E-state index in [1.807, 2.05) is 18.3 Å². The summed E-state index contributed by atoms with van der Waals surface area (Å²) in [4.78, 5) is 12.1. The van der Waals surface area contributed by atoms with Crippen LogP contribution in [0.1, 0.15) is 51.0 Å². The third-order valence-corrected chi connectivity index (χ3v) is 4.49. The highest BCUT2D eigenvalue weighted by molar-refractivity contribution is 9.10. The SMILES string of the molecule is CC(C)(O)CC(=O)Nc1nn2ccc(Br)cc2c1C1CCC1. The molecule has 22 heavy (non-hydrogen) atoms. The number of fused-ring (bicyclic) bond motifs is 1. The molecule has 0 aliphatic heterocycles. The van der Waals surface area contributed by atoms with Gasteiger partial charge in [0.15, 0.2) is 5.82 Å². The number of hydrogen-bond acceptors (Lipinski definition) is 3. The maximum absolute atomic E-state index is 12.1. The van der Waals surface area contributed by atoms with Crippen molar-refractivity contribution in [3.05, 3.63) is 28.4 Å². The molecule has 1 saturated carbocycles. The van der Waals surface area contributed by atoms with E-state index < -0.39 is 5.60 Å². The summed E-state index contributed by atoms with van der Waals surface area (Å²) in [5.41, 5.74) is 1.11. The van der Waals surface area contributed by atoms with Gasteiger partial charge < -0.3 is 10.4 Å². The summed E-state index contributed by atoms with van der Waals surface area (Å²) in [6.45, 7) is 3.25. The number of carbonyl (C=O) groups excluding carboxylic acids is 1. The Morgan fingerprint density at radius 3 is 2.86 bits per heavy atom. The fourth-order valence-electron chi connectivity index (χ4n) is 2.80. The molecule has 0 bridgehead atoms. The van der Waals surface area contributed by atoms with Crippen molar-refractivity contribution in [2.24, 2.45) is 0 Å². The van der Waals surface area contributed by atoms with Crippen molar-refractivity contribution in [2.75, 3.05) is 5.32 Å². The number of pyridine rings is 1. The van der Waals surface area contributed by atoms with Crippen LogP contribution in [0, 0.1) is 0 Å². The van der Waals surface area contributed by atoms with Crippen molar-refractivity contribution in [1.29, 1.82) is 0 Å². The van der Waals surface area contributed by atoms with Gasteiger partial charge in [-0.1, -0.05) is 22.4 Å². The molecule has 2 N–H and O–H groups in total. The van der Waals surface area contributed by atoms with Crippen molar-refractivity contribution >= 4 is 33.2 Å². The number of aliphatic hydroxyl groups is 1. The standard InChI is InChI=1S/C16H20BrN3O2/c1-16(2,22)9-13(21)18-15-14(10-4-3-5-10)12-8-11(17)6-7-20(12)19-15/h6-8,10,22H,3-5,9H2,1-2H3,(H,18,19,21). The van der Waals surface area contributed by atoms with Crippen LogP contribution in [-0.2, 0) is 4.79 Å². The third-order valence-electron chi connectivity index (χ3n) is 4.00. The van der Waals surface area contributed by atoms with Crippen LogP contribution in [0.15, 0.2) is 22.8 Å². The van der Waals surface area contributed by atoms with E-state index in [1.54, 1.807) is 18.4 Å². The number of anilines is 1. The minimum absolute atomic E-state index is 0.0503. The van der Waals surface area contributed by atoms with E-state index in [0.29, 0.717) is 11.7 Å². The maximum atomic E-state index is 12.1. The van der Waals surface area contributed by atoms with Crippen LogP contribution in [0.3, 0.4) is 0 Å². The first kappa shape index (κ1) is 15.5. The van der Waals surface area contributed by atoms with Gasteiger partial charge in [-0.25, -0.2) is 4.52 Å². The number of hydrogen-bond donors (Lipinski definition) is 2. The van der Waals surface area contributed by atoms with E-state index in [0.717, 1.165) is 28.4 Å². The summed E-state index contributed by atoms with van der Waals surface area (Å²) in [6.07, 6.45) is 5.40. The van der Waals surface area contributed by atoms with Gasteiger partial charge in [-0.2, -0.15) is 0 Å². The molecule has 1 aliphatic rings. The number of aromatic nitrogens is 2. The van der Waals surface area contributed by atoms with Crippen LogP contribution in [0.5, 0.6) is 0 Å². The number of halogens is 1. The van der Waals surface area contributed by atoms with Crippen LogP contribution in [0.4, 0.5) is 5.82 Å². The van der Waals surface area contributed by atoms with Crippen molar-refractivity contribution in [1.82, 2.24) is 9.61 Å². The van der Waals surface area contributed by atoms with Crippen LogP contribution in [0.25, 0.3) is 5.52 Å². The Labute approximate surface area is 137 Å². The average molecular weight is 366 g/mol. The molecule has 3 rings (SSSR count). The van der Waals surface area contributed by atoms with Gasteiger partial charge in [-0.15, -0.1) is 5.10 Å². The highest BCUT2D eigenvalue weighted by Gasteiger charge is 2.28. The van der Waals surface area contributed by atoms with Gasteiger partial charge in [-0.3, -0.25) is 4.79 Å². The minimum Gasteiger partial charge on any atom is -0.390 e. The number of carbonyl (C=O) groups is 1. The molecule has 0 aromatic carbocycles. The Morgan fingerprint density at radius 1 is 1.55 bits per heavy atom. The Bertz CT molecular complexity index is 714. The highest BCUT2D eigenvalue weighted by Crippen LogP contribution is 2.42. The average Bonchev–Trinajstić information content (AvgIpc) is 2.63. The first-order valence-electron chi connectivity index (χ1n) is 7.53. The molecule has 2 aromatic heterocycles. The topological polar surface area (TPSA) is 66.6 Å². The molecule has 0 radical (unpaired) electrons.